The summed E-state index contributed by atoms with van der Waals surface area (Å²) in [5.74, 6) is -0.562. The SMILES string of the molecule is COC(=O)c1ccc(NC(=O)CNc2ccccc2C(C)(C)C)cc1. The van der Waals surface area contributed by atoms with E-state index in [4.69, 9.17) is 0 Å². The highest BCUT2D eigenvalue weighted by atomic mass is 16.5. The van der Waals surface area contributed by atoms with Gasteiger partial charge in [0.05, 0.1) is 19.2 Å². The Bertz CT molecular complexity index is 746. The Hall–Kier alpha value is -2.82. The lowest BCUT2D eigenvalue weighted by molar-refractivity contribution is -0.114. The van der Waals surface area contributed by atoms with Crippen LogP contribution in [-0.4, -0.2) is 25.5 Å². The van der Waals surface area contributed by atoms with E-state index in [1.54, 1.807) is 24.3 Å². The second kappa shape index (κ2) is 7.83. The number of benzene rings is 2. The normalized spacial score (nSPS) is 10.9. The van der Waals surface area contributed by atoms with Gasteiger partial charge in [0.2, 0.25) is 5.91 Å². The summed E-state index contributed by atoms with van der Waals surface area (Å²) < 4.78 is 4.65. The van der Waals surface area contributed by atoms with Crippen molar-refractivity contribution in [2.45, 2.75) is 26.2 Å². The first-order valence-corrected chi connectivity index (χ1v) is 8.13. The van der Waals surface area contributed by atoms with E-state index in [2.05, 4.69) is 42.2 Å². The van der Waals surface area contributed by atoms with Crippen molar-refractivity contribution in [3.63, 3.8) is 0 Å². The van der Waals surface area contributed by atoms with Crippen molar-refractivity contribution in [1.29, 1.82) is 0 Å². The van der Waals surface area contributed by atoms with Crippen LogP contribution in [0.3, 0.4) is 0 Å². The zero-order valence-corrected chi connectivity index (χ0v) is 15.1. The fourth-order valence-corrected chi connectivity index (χ4v) is 2.48. The number of hydrogen-bond acceptors (Lipinski definition) is 4. The third-order valence-electron chi connectivity index (χ3n) is 3.76. The summed E-state index contributed by atoms with van der Waals surface area (Å²) in [5, 5.41) is 5.99. The smallest absolute Gasteiger partial charge is 0.337 e. The lowest BCUT2D eigenvalue weighted by atomic mass is 9.86. The summed E-state index contributed by atoms with van der Waals surface area (Å²) in [6.45, 7) is 6.56. The Balaban J connectivity index is 1.97. The Labute approximate surface area is 148 Å². The van der Waals surface area contributed by atoms with E-state index in [0.717, 1.165) is 11.3 Å². The second-order valence-corrected chi connectivity index (χ2v) is 6.77. The van der Waals surface area contributed by atoms with Gasteiger partial charge in [-0.2, -0.15) is 0 Å². The van der Waals surface area contributed by atoms with Crippen molar-refractivity contribution in [3.05, 3.63) is 59.7 Å². The van der Waals surface area contributed by atoms with Gasteiger partial charge < -0.3 is 15.4 Å². The Morgan fingerprint density at radius 3 is 2.24 bits per heavy atom. The molecule has 0 aliphatic carbocycles. The van der Waals surface area contributed by atoms with Gasteiger partial charge in [-0.3, -0.25) is 4.79 Å². The molecule has 2 N–H and O–H groups in total. The van der Waals surface area contributed by atoms with Crippen molar-refractivity contribution in [2.24, 2.45) is 0 Å². The van der Waals surface area contributed by atoms with E-state index in [0.29, 0.717) is 11.3 Å². The predicted octanol–water partition coefficient (Wildman–Crippen LogP) is 3.82. The highest BCUT2D eigenvalue weighted by Crippen LogP contribution is 2.29. The molecule has 0 spiro atoms. The van der Waals surface area contributed by atoms with Gasteiger partial charge in [-0.15, -0.1) is 0 Å². The number of methoxy groups -OCH3 is 1. The van der Waals surface area contributed by atoms with Crippen molar-refractivity contribution in [3.8, 4) is 0 Å². The average Bonchev–Trinajstić information content (AvgIpc) is 2.59. The Morgan fingerprint density at radius 1 is 1.00 bits per heavy atom. The molecular weight excluding hydrogens is 316 g/mol. The van der Waals surface area contributed by atoms with Crippen LogP contribution in [0.2, 0.25) is 0 Å². The molecular formula is C20H24N2O3. The van der Waals surface area contributed by atoms with Gasteiger partial charge in [-0.25, -0.2) is 4.79 Å². The number of carbonyl (C=O) groups excluding carboxylic acids is 2. The molecule has 0 aromatic heterocycles. The minimum Gasteiger partial charge on any atom is -0.465 e. The standard InChI is InChI=1S/C20H24N2O3/c1-20(2,3)16-7-5-6-8-17(16)21-13-18(23)22-15-11-9-14(10-12-15)19(24)25-4/h5-12,21H,13H2,1-4H3,(H,22,23). The molecule has 5 heteroatoms. The molecule has 0 unspecified atom stereocenters. The average molecular weight is 340 g/mol. The number of anilines is 2. The van der Waals surface area contributed by atoms with E-state index < -0.39 is 5.97 Å². The fourth-order valence-electron chi connectivity index (χ4n) is 2.48. The summed E-state index contributed by atoms with van der Waals surface area (Å²) in [7, 11) is 1.33. The molecule has 132 valence electrons. The molecule has 0 saturated heterocycles. The summed E-state index contributed by atoms with van der Waals surface area (Å²) in [5.41, 5.74) is 3.17. The zero-order chi connectivity index (χ0) is 18.4. The second-order valence-electron chi connectivity index (χ2n) is 6.77. The largest absolute Gasteiger partial charge is 0.465 e. The number of carbonyl (C=O) groups is 2. The van der Waals surface area contributed by atoms with Crippen LogP contribution in [0.5, 0.6) is 0 Å². The molecule has 5 nitrogen and oxygen atoms in total. The summed E-state index contributed by atoms with van der Waals surface area (Å²) >= 11 is 0. The molecule has 0 aliphatic rings. The molecule has 0 saturated carbocycles. The van der Waals surface area contributed by atoms with Crippen LogP contribution in [0.15, 0.2) is 48.5 Å². The molecule has 25 heavy (non-hydrogen) atoms. The lowest BCUT2D eigenvalue weighted by Crippen LogP contribution is -2.23. The molecule has 0 heterocycles. The van der Waals surface area contributed by atoms with E-state index in [-0.39, 0.29) is 17.9 Å². The number of rotatable bonds is 5. The minimum atomic E-state index is -0.404. The van der Waals surface area contributed by atoms with Crippen molar-refractivity contribution in [1.82, 2.24) is 0 Å². The molecule has 1 amide bonds. The number of esters is 1. The Morgan fingerprint density at radius 2 is 1.64 bits per heavy atom. The number of hydrogen-bond donors (Lipinski definition) is 2. The quantitative estimate of drug-likeness (QED) is 0.812. The maximum atomic E-state index is 12.2. The Kier molecular flexibility index (Phi) is 5.80. The van der Waals surface area contributed by atoms with Gasteiger partial charge in [0.25, 0.3) is 0 Å². The van der Waals surface area contributed by atoms with Crippen LogP contribution in [0.1, 0.15) is 36.7 Å². The molecule has 2 aromatic rings. The third-order valence-corrected chi connectivity index (χ3v) is 3.76. The van der Waals surface area contributed by atoms with Crippen molar-refractivity contribution < 1.29 is 14.3 Å². The number of ether oxygens (including phenoxy) is 1. The van der Waals surface area contributed by atoms with Crippen LogP contribution < -0.4 is 10.6 Å². The van der Waals surface area contributed by atoms with Gasteiger partial charge in [-0.05, 0) is 41.3 Å². The van der Waals surface area contributed by atoms with Gasteiger partial charge in [0.1, 0.15) is 0 Å². The van der Waals surface area contributed by atoms with Crippen LogP contribution in [-0.2, 0) is 14.9 Å². The molecule has 0 atom stereocenters. The predicted molar refractivity (Wildman–Crippen MR) is 100 cm³/mol. The first-order valence-electron chi connectivity index (χ1n) is 8.13. The molecule has 0 fully saturated rings. The summed E-state index contributed by atoms with van der Waals surface area (Å²) in [6, 6.07) is 14.6. The van der Waals surface area contributed by atoms with Crippen LogP contribution in [0.4, 0.5) is 11.4 Å². The first kappa shape index (κ1) is 18.5. The third kappa shape index (κ3) is 5.08. The monoisotopic (exact) mass is 340 g/mol. The first-order chi connectivity index (χ1) is 11.8. The van der Waals surface area contributed by atoms with Gasteiger partial charge >= 0.3 is 5.97 Å². The fraction of sp³-hybridized carbons (Fsp3) is 0.300. The maximum Gasteiger partial charge on any atom is 0.337 e. The lowest BCUT2D eigenvalue weighted by Gasteiger charge is -2.23. The molecule has 2 rings (SSSR count). The maximum absolute atomic E-state index is 12.2. The van der Waals surface area contributed by atoms with Crippen LogP contribution >= 0.6 is 0 Å². The highest BCUT2D eigenvalue weighted by molar-refractivity contribution is 5.95. The van der Waals surface area contributed by atoms with E-state index in [9.17, 15) is 9.59 Å². The van der Waals surface area contributed by atoms with Crippen molar-refractivity contribution >= 4 is 23.3 Å². The number of amides is 1. The summed E-state index contributed by atoms with van der Waals surface area (Å²) in [6.07, 6.45) is 0. The molecule has 0 aliphatic heterocycles. The van der Waals surface area contributed by atoms with Gasteiger partial charge in [0, 0.05) is 11.4 Å². The van der Waals surface area contributed by atoms with E-state index in [1.165, 1.54) is 7.11 Å². The highest BCUT2D eigenvalue weighted by Gasteiger charge is 2.17. The van der Waals surface area contributed by atoms with E-state index >= 15 is 0 Å². The number of para-hydroxylation sites is 1. The van der Waals surface area contributed by atoms with E-state index in [1.807, 2.05) is 18.2 Å². The summed E-state index contributed by atoms with van der Waals surface area (Å²) in [4.78, 5) is 23.6. The van der Waals surface area contributed by atoms with Crippen LogP contribution in [0, 0.1) is 0 Å². The molecule has 0 bridgehead atoms. The van der Waals surface area contributed by atoms with Gasteiger partial charge in [0.15, 0.2) is 0 Å². The minimum absolute atomic E-state index is 0.0101. The van der Waals surface area contributed by atoms with Gasteiger partial charge in [-0.1, -0.05) is 39.0 Å². The molecule has 2 aromatic carbocycles. The zero-order valence-electron chi connectivity index (χ0n) is 15.1. The topological polar surface area (TPSA) is 67.4 Å². The number of nitrogens with one attached hydrogen (secondary N) is 2. The molecule has 0 radical (unpaired) electrons. The van der Waals surface area contributed by atoms with Crippen molar-refractivity contribution in [2.75, 3.05) is 24.3 Å². The van der Waals surface area contributed by atoms with Crippen LogP contribution in [0.25, 0.3) is 0 Å².